The molecule has 0 saturated carbocycles. The summed E-state index contributed by atoms with van der Waals surface area (Å²) in [6, 6.07) is 0.190. The maximum atomic E-state index is 5.62. The maximum absolute atomic E-state index is 5.62. The molecule has 0 heterocycles. The van der Waals surface area contributed by atoms with Crippen molar-refractivity contribution in [1.29, 1.82) is 0 Å². The fourth-order valence-corrected chi connectivity index (χ4v) is 0.787. The van der Waals surface area contributed by atoms with Crippen molar-refractivity contribution in [3.63, 3.8) is 0 Å². The normalized spacial score (nSPS) is 27.6. The molecular formula is C7H11N. The van der Waals surface area contributed by atoms with Gasteiger partial charge in [-0.25, -0.2) is 0 Å². The van der Waals surface area contributed by atoms with Gasteiger partial charge in [0.2, 0.25) is 0 Å². The van der Waals surface area contributed by atoms with Crippen LogP contribution in [0, 0.1) is 0 Å². The van der Waals surface area contributed by atoms with Crippen LogP contribution in [0.1, 0.15) is 13.8 Å². The van der Waals surface area contributed by atoms with E-state index in [1.807, 2.05) is 6.08 Å². The molecule has 1 nitrogen and oxygen atoms in total. The second-order valence-electron chi connectivity index (χ2n) is 2.25. The van der Waals surface area contributed by atoms with E-state index in [0.717, 1.165) is 0 Å². The largest absolute Gasteiger partial charge is 0.321 e. The number of hydrogen-bond donors (Lipinski definition) is 1. The van der Waals surface area contributed by atoms with Crippen molar-refractivity contribution in [1.82, 2.24) is 0 Å². The number of rotatable bonds is 0. The Labute approximate surface area is 49.9 Å². The van der Waals surface area contributed by atoms with Gasteiger partial charge in [0.05, 0.1) is 0 Å². The van der Waals surface area contributed by atoms with Gasteiger partial charge in [0.15, 0.2) is 0 Å². The van der Waals surface area contributed by atoms with E-state index in [9.17, 15) is 0 Å². The Bertz CT molecular complexity index is 154. The van der Waals surface area contributed by atoms with Gasteiger partial charge >= 0.3 is 0 Å². The minimum Gasteiger partial charge on any atom is -0.321 e. The van der Waals surface area contributed by atoms with Crippen molar-refractivity contribution in [3.05, 3.63) is 23.3 Å². The maximum Gasteiger partial charge on any atom is 0.0446 e. The lowest BCUT2D eigenvalue weighted by atomic mass is 10.1. The highest BCUT2D eigenvalue weighted by atomic mass is 14.6. The molecule has 0 bridgehead atoms. The van der Waals surface area contributed by atoms with Gasteiger partial charge in [-0.05, 0) is 19.4 Å². The van der Waals surface area contributed by atoms with Crippen molar-refractivity contribution in [2.45, 2.75) is 19.9 Å². The first-order valence-electron chi connectivity index (χ1n) is 2.83. The Kier molecular flexibility index (Phi) is 1.22. The summed E-state index contributed by atoms with van der Waals surface area (Å²) in [5.41, 5.74) is 8.24. The first-order chi connectivity index (χ1) is 3.72. The lowest BCUT2D eigenvalue weighted by molar-refractivity contribution is 0.961. The van der Waals surface area contributed by atoms with E-state index in [1.165, 1.54) is 11.1 Å². The van der Waals surface area contributed by atoms with Gasteiger partial charge in [-0.15, -0.1) is 0 Å². The molecule has 0 saturated heterocycles. The first-order valence-corrected chi connectivity index (χ1v) is 2.83. The van der Waals surface area contributed by atoms with Crippen LogP contribution in [-0.4, -0.2) is 6.04 Å². The average Bonchev–Trinajstić information content (AvgIpc) is 1.98. The zero-order chi connectivity index (χ0) is 6.15. The van der Waals surface area contributed by atoms with E-state index in [1.54, 1.807) is 0 Å². The lowest BCUT2D eigenvalue weighted by Gasteiger charge is -2.00. The fourth-order valence-electron chi connectivity index (χ4n) is 0.787. The van der Waals surface area contributed by atoms with Crippen molar-refractivity contribution < 1.29 is 0 Å². The van der Waals surface area contributed by atoms with Gasteiger partial charge in [0.25, 0.3) is 0 Å². The van der Waals surface area contributed by atoms with Crippen LogP contribution in [0.2, 0.25) is 0 Å². The number of allylic oxidation sites excluding steroid dienone is 2. The van der Waals surface area contributed by atoms with E-state index in [0.29, 0.717) is 0 Å². The predicted molar refractivity (Wildman–Crippen MR) is 35.5 cm³/mol. The second kappa shape index (κ2) is 1.75. The molecule has 0 amide bonds. The highest BCUT2D eigenvalue weighted by Crippen LogP contribution is 2.15. The van der Waals surface area contributed by atoms with Gasteiger partial charge in [-0.2, -0.15) is 0 Å². The lowest BCUT2D eigenvalue weighted by Crippen LogP contribution is -2.15. The standard InChI is InChI=1S/C7H11N/c1-5-3-4-7(8)6(5)2/h3-4,7H,8H2,1-2H3. The van der Waals surface area contributed by atoms with E-state index in [4.69, 9.17) is 5.73 Å². The Morgan fingerprint density at radius 2 is 2.12 bits per heavy atom. The summed E-state index contributed by atoms with van der Waals surface area (Å²) in [7, 11) is 0. The Hall–Kier alpha value is -0.560. The molecule has 1 atom stereocenters. The molecule has 44 valence electrons. The molecule has 1 heteroatoms. The molecule has 1 aliphatic carbocycles. The van der Waals surface area contributed by atoms with Crippen LogP contribution in [0.15, 0.2) is 23.3 Å². The quantitative estimate of drug-likeness (QED) is 0.497. The molecule has 0 aliphatic heterocycles. The zero-order valence-corrected chi connectivity index (χ0v) is 5.31. The zero-order valence-electron chi connectivity index (χ0n) is 5.31. The summed E-state index contributed by atoms with van der Waals surface area (Å²) in [5.74, 6) is 0. The third-order valence-corrected chi connectivity index (χ3v) is 1.68. The molecule has 8 heavy (non-hydrogen) atoms. The topological polar surface area (TPSA) is 26.0 Å². The third-order valence-electron chi connectivity index (χ3n) is 1.68. The summed E-state index contributed by atoms with van der Waals surface area (Å²) in [5, 5.41) is 0. The molecule has 0 fully saturated rings. The van der Waals surface area contributed by atoms with Gasteiger partial charge in [0, 0.05) is 6.04 Å². The summed E-state index contributed by atoms with van der Waals surface area (Å²) < 4.78 is 0. The molecule has 0 radical (unpaired) electrons. The molecule has 0 aromatic heterocycles. The van der Waals surface area contributed by atoms with Crippen molar-refractivity contribution in [2.75, 3.05) is 0 Å². The minimum absolute atomic E-state index is 0.190. The van der Waals surface area contributed by atoms with Gasteiger partial charge in [-0.1, -0.05) is 17.7 Å². The molecule has 0 aromatic rings. The molecule has 1 aliphatic rings. The predicted octanol–water partition coefficient (Wildman–Crippen LogP) is 1.22. The SMILES string of the molecule is CC1=C(C)C(N)C=C1. The molecule has 0 spiro atoms. The van der Waals surface area contributed by atoms with Crippen LogP contribution in [0.5, 0.6) is 0 Å². The summed E-state index contributed by atoms with van der Waals surface area (Å²) in [4.78, 5) is 0. The Morgan fingerprint density at radius 3 is 2.25 bits per heavy atom. The number of hydrogen-bond acceptors (Lipinski definition) is 1. The molecule has 1 unspecified atom stereocenters. The van der Waals surface area contributed by atoms with E-state index < -0.39 is 0 Å². The Balaban J connectivity index is 2.85. The van der Waals surface area contributed by atoms with Crippen LogP contribution in [0.3, 0.4) is 0 Å². The third kappa shape index (κ3) is 0.693. The minimum atomic E-state index is 0.190. The van der Waals surface area contributed by atoms with Crippen molar-refractivity contribution in [2.24, 2.45) is 5.73 Å². The van der Waals surface area contributed by atoms with Crippen molar-refractivity contribution in [3.8, 4) is 0 Å². The smallest absolute Gasteiger partial charge is 0.0446 e. The molecule has 2 N–H and O–H groups in total. The van der Waals surface area contributed by atoms with Crippen LogP contribution < -0.4 is 5.73 Å². The first kappa shape index (κ1) is 5.57. The van der Waals surface area contributed by atoms with Gasteiger partial charge < -0.3 is 5.73 Å². The summed E-state index contributed by atoms with van der Waals surface area (Å²) in [6.07, 6.45) is 4.09. The van der Waals surface area contributed by atoms with Gasteiger partial charge in [-0.3, -0.25) is 0 Å². The highest BCUT2D eigenvalue weighted by Gasteiger charge is 2.07. The fraction of sp³-hybridized carbons (Fsp3) is 0.429. The van der Waals surface area contributed by atoms with E-state index >= 15 is 0 Å². The summed E-state index contributed by atoms with van der Waals surface area (Å²) in [6.45, 7) is 4.15. The molecule has 1 rings (SSSR count). The van der Waals surface area contributed by atoms with Crippen molar-refractivity contribution >= 4 is 0 Å². The van der Waals surface area contributed by atoms with E-state index in [-0.39, 0.29) is 6.04 Å². The molecule has 0 aromatic carbocycles. The summed E-state index contributed by atoms with van der Waals surface area (Å²) >= 11 is 0. The average molecular weight is 109 g/mol. The van der Waals surface area contributed by atoms with Crippen LogP contribution in [0.4, 0.5) is 0 Å². The second-order valence-corrected chi connectivity index (χ2v) is 2.25. The number of nitrogens with two attached hydrogens (primary N) is 1. The Morgan fingerprint density at radius 1 is 1.50 bits per heavy atom. The monoisotopic (exact) mass is 109 g/mol. The molecular weight excluding hydrogens is 98.1 g/mol. The van der Waals surface area contributed by atoms with Gasteiger partial charge in [0.1, 0.15) is 0 Å². The van der Waals surface area contributed by atoms with Crippen LogP contribution in [0.25, 0.3) is 0 Å². The van der Waals surface area contributed by atoms with E-state index in [2.05, 4.69) is 19.9 Å². The van der Waals surface area contributed by atoms with Crippen LogP contribution >= 0.6 is 0 Å². The highest BCUT2D eigenvalue weighted by molar-refractivity contribution is 5.36. The van der Waals surface area contributed by atoms with Crippen LogP contribution in [-0.2, 0) is 0 Å².